The molecule has 37 heavy (non-hydrogen) atoms. The standard InChI is InChI=1S/C32H60O3Si2/c1-22(33)32-20-17-24(34-36(9,10)29(2,3)4)21-23(32)13-14-25-26-15-16-28(31(26,8)19-18-27(25)32)35-37(11,12)30(5,6)7/h13,22,24-28,33H,14-21H2,1-12H3/t22?,24-,25-,26-,27-,28-,31-,32+/m0/s1. The van der Waals surface area contributed by atoms with Gasteiger partial charge in [-0.05, 0) is 118 Å². The van der Waals surface area contributed by atoms with E-state index in [9.17, 15) is 5.11 Å². The minimum absolute atomic E-state index is 0.0457. The molecule has 0 saturated heterocycles. The number of fused-ring (bicyclic) bond motifs is 5. The number of rotatable bonds is 5. The van der Waals surface area contributed by atoms with Gasteiger partial charge in [-0.3, -0.25) is 0 Å². The molecule has 4 aliphatic rings. The van der Waals surface area contributed by atoms with Crippen molar-refractivity contribution in [3.05, 3.63) is 11.6 Å². The Kier molecular flexibility index (Phi) is 7.76. The molecule has 1 N–H and O–H groups in total. The fourth-order valence-corrected chi connectivity index (χ4v) is 11.3. The molecular weight excluding hydrogens is 489 g/mol. The second-order valence-corrected chi connectivity index (χ2v) is 26.3. The van der Waals surface area contributed by atoms with Gasteiger partial charge in [0, 0.05) is 11.5 Å². The van der Waals surface area contributed by atoms with E-state index in [1.807, 2.05) is 0 Å². The highest BCUT2D eigenvalue weighted by Gasteiger charge is 2.62. The van der Waals surface area contributed by atoms with Gasteiger partial charge in [-0.15, -0.1) is 0 Å². The number of hydrogen-bond donors (Lipinski definition) is 1. The molecule has 0 spiro atoms. The molecule has 4 aliphatic carbocycles. The Labute approximate surface area is 231 Å². The normalized spacial score (nSPS) is 39.9. The molecule has 0 aliphatic heterocycles. The third-order valence-corrected chi connectivity index (χ3v) is 21.9. The van der Waals surface area contributed by atoms with Crippen LogP contribution >= 0.6 is 0 Å². The van der Waals surface area contributed by atoms with Crippen molar-refractivity contribution >= 4 is 16.6 Å². The highest BCUT2D eigenvalue weighted by molar-refractivity contribution is 6.74. The van der Waals surface area contributed by atoms with Gasteiger partial charge < -0.3 is 14.0 Å². The SMILES string of the molecule is CC(O)[C@]12CC[C@H](O[Si](C)(C)C(C)(C)C)CC1=CC[C@H]1[C@@H]3CC[C@H](O[Si](C)(C)C(C)(C)C)[C@@]3(C)CC[C@@H]12. The van der Waals surface area contributed by atoms with Gasteiger partial charge in [0.1, 0.15) is 0 Å². The van der Waals surface area contributed by atoms with E-state index in [0.29, 0.717) is 24.0 Å². The zero-order valence-corrected chi connectivity index (χ0v) is 28.5. The molecule has 8 atom stereocenters. The van der Waals surface area contributed by atoms with Crippen LogP contribution in [0.15, 0.2) is 11.6 Å². The van der Waals surface area contributed by atoms with Crippen molar-refractivity contribution in [2.24, 2.45) is 28.6 Å². The van der Waals surface area contributed by atoms with Gasteiger partial charge in [-0.25, -0.2) is 0 Å². The Morgan fingerprint density at radius 3 is 2.03 bits per heavy atom. The van der Waals surface area contributed by atoms with Crippen molar-refractivity contribution in [3.8, 4) is 0 Å². The predicted octanol–water partition coefficient (Wildman–Crippen LogP) is 9.09. The Balaban J connectivity index is 1.57. The maximum absolute atomic E-state index is 11.5. The average Bonchev–Trinajstić information content (AvgIpc) is 3.07. The maximum Gasteiger partial charge on any atom is 0.192 e. The molecule has 3 fully saturated rings. The fraction of sp³-hybridized carbons (Fsp3) is 0.938. The van der Waals surface area contributed by atoms with Crippen molar-refractivity contribution in [2.75, 3.05) is 0 Å². The minimum atomic E-state index is -1.80. The lowest BCUT2D eigenvalue weighted by Gasteiger charge is -2.60. The minimum Gasteiger partial charge on any atom is -0.414 e. The molecule has 0 aromatic rings. The monoisotopic (exact) mass is 548 g/mol. The average molecular weight is 549 g/mol. The number of hydrogen-bond acceptors (Lipinski definition) is 3. The van der Waals surface area contributed by atoms with Crippen molar-refractivity contribution < 1.29 is 14.0 Å². The molecule has 0 bridgehead atoms. The van der Waals surface area contributed by atoms with E-state index in [4.69, 9.17) is 8.85 Å². The van der Waals surface area contributed by atoms with E-state index < -0.39 is 16.6 Å². The third kappa shape index (κ3) is 4.93. The molecule has 3 nitrogen and oxygen atoms in total. The van der Waals surface area contributed by atoms with E-state index in [1.165, 1.54) is 37.7 Å². The molecule has 4 rings (SSSR count). The first-order valence-electron chi connectivity index (χ1n) is 15.5. The Morgan fingerprint density at radius 1 is 0.865 bits per heavy atom. The van der Waals surface area contributed by atoms with Crippen LogP contribution in [0.3, 0.4) is 0 Å². The van der Waals surface area contributed by atoms with Gasteiger partial charge >= 0.3 is 0 Å². The Bertz CT molecular complexity index is 879. The van der Waals surface area contributed by atoms with Crippen LogP contribution in [-0.4, -0.2) is 40.1 Å². The lowest BCUT2D eigenvalue weighted by atomic mass is 9.46. The lowest BCUT2D eigenvalue weighted by Crippen LogP contribution is -2.57. The smallest absolute Gasteiger partial charge is 0.192 e. The highest BCUT2D eigenvalue weighted by Crippen LogP contribution is 2.67. The first-order valence-corrected chi connectivity index (χ1v) is 21.3. The molecule has 0 heterocycles. The summed E-state index contributed by atoms with van der Waals surface area (Å²) in [5, 5.41) is 11.9. The van der Waals surface area contributed by atoms with Crippen LogP contribution < -0.4 is 0 Å². The van der Waals surface area contributed by atoms with E-state index in [2.05, 4.69) is 87.7 Å². The van der Waals surface area contributed by atoms with E-state index in [1.54, 1.807) is 0 Å². The molecule has 3 saturated carbocycles. The van der Waals surface area contributed by atoms with Crippen molar-refractivity contribution in [1.82, 2.24) is 0 Å². The molecule has 214 valence electrons. The summed E-state index contributed by atoms with van der Waals surface area (Å²) in [6.45, 7) is 28.4. The second kappa shape index (κ2) is 9.57. The van der Waals surface area contributed by atoms with Crippen LogP contribution in [0, 0.1) is 28.6 Å². The lowest BCUT2D eigenvalue weighted by molar-refractivity contribution is -0.107. The molecule has 1 unspecified atom stereocenters. The molecular formula is C32H60O3Si2. The van der Waals surface area contributed by atoms with Crippen molar-refractivity contribution in [1.29, 1.82) is 0 Å². The number of allylic oxidation sites excluding steroid dienone is 1. The van der Waals surface area contributed by atoms with Gasteiger partial charge in [0.05, 0.1) is 12.2 Å². The van der Waals surface area contributed by atoms with Gasteiger partial charge in [-0.2, -0.15) is 0 Å². The van der Waals surface area contributed by atoms with Gasteiger partial charge in [0.25, 0.3) is 0 Å². The van der Waals surface area contributed by atoms with E-state index in [-0.39, 0.29) is 27.0 Å². The predicted molar refractivity (Wildman–Crippen MR) is 162 cm³/mol. The zero-order chi connectivity index (χ0) is 27.8. The van der Waals surface area contributed by atoms with Crippen LogP contribution in [0.2, 0.25) is 36.3 Å². The summed E-state index contributed by atoms with van der Waals surface area (Å²) in [6, 6.07) is 0. The zero-order valence-electron chi connectivity index (χ0n) is 26.5. The maximum atomic E-state index is 11.5. The second-order valence-electron chi connectivity index (χ2n) is 16.8. The van der Waals surface area contributed by atoms with Crippen LogP contribution in [-0.2, 0) is 8.85 Å². The quantitative estimate of drug-likeness (QED) is 0.275. The van der Waals surface area contributed by atoms with Crippen LogP contribution in [0.1, 0.15) is 107 Å². The summed E-state index contributed by atoms with van der Waals surface area (Å²) < 4.78 is 14.1. The van der Waals surface area contributed by atoms with E-state index in [0.717, 1.165) is 25.2 Å². The summed E-state index contributed by atoms with van der Waals surface area (Å²) in [6.07, 6.45) is 12.4. The first-order chi connectivity index (χ1) is 16.8. The number of aliphatic hydroxyl groups excluding tert-OH is 1. The molecule has 5 heteroatoms. The van der Waals surface area contributed by atoms with Gasteiger partial charge in [-0.1, -0.05) is 60.1 Å². The molecule has 0 radical (unpaired) electrons. The molecule has 0 aromatic carbocycles. The number of aliphatic hydroxyl groups is 1. The van der Waals surface area contributed by atoms with E-state index >= 15 is 0 Å². The topological polar surface area (TPSA) is 38.7 Å². The fourth-order valence-electron chi connectivity index (χ4n) is 8.49. The summed E-state index contributed by atoms with van der Waals surface area (Å²) in [5.74, 6) is 2.00. The largest absolute Gasteiger partial charge is 0.414 e. The van der Waals surface area contributed by atoms with Crippen molar-refractivity contribution in [2.45, 2.75) is 161 Å². The summed E-state index contributed by atoms with van der Waals surface area (Å²) >= 11 is 0. The Hall–Kier alpha value is 0.0538. The molecule has 0 amide bonds. The van der Waals surface area contributed by atoms with Crippen molar-refractivity contribution in [3.63, 3.8) is 0 Å². The van der Waals surface area contributed by atoms with Gasteiger partial charge in [0.2, 0.25) is 0 Å². The summed E-state index contributed by atoms with van der Waals surface area (Å²) in [4.78, 5) is 0. The van der Waals surface area contributed by atoms with Crippen LogP contribution in [0.5, 0.6) is 0 Å². The van der Waals surface area contributed by atoms with Crippen LogP contribution in [0.25, 0.3) is 0 Å². The van der Waals surface area contributed by atoms with Crippen LogP contribution in [0.4, 0.5) is 0 Å². The molecule has 0 aromatic heterocycles. The highest BCUT2D eigenvalue weighted by atomic mass is 28.4. The summed E-state index contributed by atoms with van der Waals surface area (Å²) in [5.41, 5.74) is 1.77. The Morgan fingerprint density at radius 2 is 1.46 bits per heavy atom. The van der Waals surface area contributed by atoms with Gasteiger partial charge in [0.15, 0.2) is 16.6 Å². The summed E-state index contributed by atoms with van der Waals surface area (Å²) in [7, 11) is -3.61. The third-order valence-electron chi connectivity index (χ3n) is 12.8. The first kappa shape index (κ1) is 30.0.